The van der Waals surface area contributed by atoms with Gasteiger partial charge >= 0.3 is 0 Å². The van der Waals surface area contributed by atoms with Crippen LogP contribution in [0.15, 0.2) is 89.5 Å². The normalized spacial score (nSPS) is 16.1. The van der Waals surface area contributed by atoms with Crippen molar-refractivity contribution < 1.29 is 13.9 Å². The summed E-state index contributed by atoms with van der Waals surface area (Å²) in [6.45, 7) is 3.86. The fourth-order valence-corrected chi connectivity index (χ4v) is 4.94. The Bertz CT molecular complexity index is 1250. The van der Waals surface area contributed by atoms with Crippen LogP contribution in [-0.2, 0) is 13.1 Å². The second-order valence-corrected chi connectivity index (χ2v) is 9.50. The van der Waals surface area contributed by atoms with E-state index in [2.05, 4.69) is 78.7 Å². The maximum absolute atomic E-state index is 12.6. The molecule has 1 aromatic heterocycles. The first kappa shape index (κ1) is 23.2. The van der Waals surface area contributed by atoms with Crippen LogP contribution in [-0.4, -0.2) is 42.5 Å². The lowest BCUT2D eigenvalue weighted by molar-refractivity contribution is 0.0602. The Hall–Kier alpha value is -3.57. The number of carbonyl (C=O) groups excluding carboxylic acids is 1. The molecule has 0 unspecified atom stereocenters. The molecule has 0 saturated carbocycles. The second kappa shape index (κ2) is 10.8. The second-order valence-electron chi connectivity index (χ2n) is 9.50. The van der Waals surface area contributed by atoms with E-state index >= 15 is 0 Å². The highest BCUT2D eigenvalue weighted by Crippen LogP contribution is 2.23. The smallest absolute Gasteiger partial charge is 0.289 e. The first-order valence-electron chi connectivity index (χ1n) is 12.4. The van der Waals surface area contributed by atoms with Crippen LogP contribution in [0.5, 0.6) is 5.75 Å². The number of hydrogen-bond acceptors (Lipinski definition) is 4. The molecule has 0 bridgehead atoms. The van der Waals surface area contributed by atoms with Gasteiger partial charge in [0.1, 0.15) is 5.75 Å². The maximum Gasteiger partial charge on any atom is 0.289 e. The molecular formula is C30H32N2O3. The summed E-state index contributed by atoms with van der Waals surface area (Å²) in [5.74, 6) is 1.58. The van der Waals surface area contributed by atoms with Gasteiger partial charge in [0.15, 0.2) is 5.76 Å². The minimum atomic E-state index is -0.0309. The summed E-state index contributed by atoms with van der Waals surface area (Å²) in [6, 6.07) is 26.9. The molecule has 1 aliphatic heterocycles. The quantitative estimate of drug-likeness (QED) is 0.318. The molecule has 5 rings (SSSR count). The number of benzene rings is 3. The third-order valence-corrected chi connectivity index (χ3v) is 6.72. The molecule has 35 heavy (non-hydrogen) atoms. The summed E-state index contributed by atoms with van der Waals surface area (Å²) in [6.07, 6.45) is 3.60. The molecule has 1 amide bonds. The van der Waals surface area contributed by atoms with Gasteiger partial charge in [0.25, 0.3) is 5.91 Å². The molecule has 4 aromatic rings. The highest BCUT2D eigenvalue weighted by atomic mass is 16.5. The minimum Gasteiger partial charge on any atom is -0.493 e. The summed E-state index contributed by atoms with van der Waals surface area (Å²) in [5, 5.41) is 2.60. The number of likely N-dealkylation sites (tertiary alicyclic amines) is 1. The van der Waals surface area contributed by atoms with Crippen molar-refractivity contribution in [3.63, 3.8) is 0 Å². The van der Waals surface area contributed by atoms with Gasteiger partial charge in [0.2, 0.25) is 0 Å². The van der Waals surface area contributed by atoms with Crippen molar-refractivity contribution in [3.05, 3.63) is 102 Å². The third-order valence-electron chi connectivity index (χ3n) is 6.72. The van der Waals surface area contributed by atoms with E-state index in [1.807, 2.05) is 4.90 Å². The summed E-state index contributed by atoms with van der Waals surface area (Å²) in [5.41, 5.74) is 2.60. The number of fused-ring (bicyclic) bond motifs is 1. The van der Waals surface area contributed by atoms with Gasteiger partial charge < -0.3 is 14.1 Å². The number of carbonyl (C=O) groups is 1. The summed E-state index contributed by atoms with van der Waals surface area (Å²) in [7, 11) is 2.16. The largest absolute Gasteiger partial charge is 0.493 e. The topological polar surface area (TPSA) is 45.9 Å². The molecule has 0 spiro atoms. The van der Waals surface area contributed by atoms with Gasteiger partial charge in [0, 0.05) is 32.1 Å². The average Bonchev–Trinajstić information content (AvgIpc) is 3.43. The number of ether oxygens (including phenoxy) is 1. The van der Waals surface area contributed by atoms with Crippen LogP contribution < -0.4 is 4.74 Å². The molecule has 5 heteroatoms. The molecule has 1 aliphatic rings. The van der Waals surface area contributed by atoms with Crippen molar-refractivity contribution >= 4 is 16.7 Å². The number of rotatable bonds is 8. The van der Waals surface area contributed by atoms with E-state index in [0.717, 1.165) is 38.2 Å². The molecular weight excluding hydrogens is 436 g/mol. The van der Waals surface area contributed by atoms with Crippen LogP contribution in [0.3, 0.4) is 0 Å². The highest BCUT2D eigenvalue weighted by Gasteiger charge is 2.26. The molecule has 2 heterocycles. The van der Waals surface area contributed by atoms with E-state index in [9.17, 15) is 4.79 Å². The predicted molar refractivity (Wildman–Crippen MR) is 138 cm³/mol. The van der Waals surface area contributed by atoms with Gasteiger partial charge in [-0.2, -0.15) is 0 Å². The van der Waals surface area contributed by atoms with Gasteiger partial charge in [-0.3, -0.25) is 9.69 Å². The number of amides is 1. The zero-order valence-electron chi connectivity index (χ0n) is 20.2. The van der Waals surface area contributed by atoms with Crippen LogP contribution in [0.1, 0.15) is 34.5 Å². The van der Waals surface area contributed by atoms with E-state index in [4.69, 9.17) is 9.15 Å². The minimum absolute atomic E-state index is 0.0309. The standard InChI is InChI=1S/C30H32N2O3/c1-31(21-26-10-4-9-25-8-2-3-11-28(25)26)19-23-13-15-27(16-14-23)35-22-24-7-5-17-32(20-24)30(33)29-12-6-18-34-29/h2-4,6,8-16,18,24H,5,7,17,19-22H2,1H3/t24-/m0/s1. The Labute approximate surface area is 206 Å². The Morgan fingerprint density at radius 1 is 1.00 bits per heavy atom. The van der Waals surface area contributed by atoms with Gasteiger partial charge in [0.05, 0.1) is 12.9 Å². The number of furan rings is 1. The van der Waals surface area contributed by atoms with Crippen molar-refractivity contribution in [2.75, 3.05) is 26.7 Å². The van der Waals surface area contributed by atoms with Crippen LogP contribution in [0.2, 0.25) is 0 Å². The summed E-state index contributed by atoms with van der Waals surface area (Å²) >= 11 is 0. The Kier molecular flexibility index (Phi) is 7.15. The highest BCUT2D eigenvalue weighted by molar-refractivity contribution is 5.91. The van der Waals surface area contributed by atoms with Crippen LogP contribution in [0.4, 0.5) is 0 Å². The fourth-order valence-electron chi connectivity index (χ4n) is 4.94. The lowest BCUT2D eigenvalue weighted by Gasteiger charge is -2.32. The molecule has 0 aliphatic carbocycles. The fraction of sp³-hybridized carbons (Fsp3) is 0.300. The molecule has 1 fully saturated rings. The van der Waals surface area contributed by atoms with Crippen molar-refractivity contribution in [2.24, 2.45) is 5.92 Å². The molecule has 3 aromatic carbocycles. The zero-order valence-corrected chi connectivity index (χ0v) is 20.2. The maximum atomic E-state index is 12.6. The monoisotopic (exact) mass is 468 g/mol. The number of hydrogen-bond donors (Lipinski definition) is 0. The van der Waals surface area contributed by atoms with E-state index in [1.165, 1.54) is 21.9 Å². The molecule has 5 nitrogen and oxygen atoms in total. The first-order chi connectivity index (χ1) is 17.2. The van der Waals surface area contributed by atoms with E-state index in [0.29, 0.717) is 24.8 Å². The number of nitrogens with zero attached hydrogens (tertiary/aromatic N) is 2. The van der Waals surface area contributed by atoms with Crippen LogP contribution >= 0.6 is 0 Å². The Balaban J connectivity index is 1.12. The zero-order chi connectivity index (χ0) is 24.0. The van der Waals surface area contributed by atoms with Gasteiger partial charge in [-0.25, -0.2) is 0 Å². The third kappa shape index (κ3) is 5.75. The van der Waals surface area contributed by atoms with Crippen LogP contribution in [0, 0.1) is 5.92 Å². The number of piperidine rings is 1. The molecule has 1 atom stereocenters. The van der Waals surface area contributed by atoms with Gasteiger partial charge in [-0.1, -0.05) is 54.6 Å². The lowest BCUT2D eigenvalue weighted by atomic mass is 9.98. The van der Waals surface area contributed by atoms with Gasteiger partial charge in [-0.05, 0) is 66.1 Å². The molecule has 0 N–H and O–H groups in total. The van der Waals surface area contributed by atoms with E-state index in [-0.39, 0.29) is 5.91 Å². The average molecular weight is 469 g/mol. The first-order valence-corrected chi connectivity index (χ1v) is 12.4. The van der Waals surface area contributed by atoms with Gasteiger partial charge in [-0.15, -0.1) is 0 Å². The summed E-state index contributed by atoms with van der Waals surface area (Å²) in [4.78, 5) is 16.8. The Morgan fingerprint density at radius 2 is 1.83 bits per heavy atom. The van der Waals surface area contributed by atoms with Crippen molar-refractivity contribution in [1.82, 2.24) is 9.80 Å². The van der Waals surface area contributed by atoms with Crippen molar-refractivity contribution in [1.29, 1.82) is 0 Å². The molecule has 180 valence electrons. The Morgan fingerprint density at radius 3 is 2.66 bits per heavy atom. The summed E-state index contributed by atoms with van der Waals surface area (Å²) < 4.78 is 11.4. The van der Waals surface area contributed by atoms with E-state index in [1.54, 1.807) is 18.4 Å². The van der Waals surface area contributed by atoms with Crippen LogP contribution in [0.25, 0.3) is 10.8 Å². The lowest BCUT2D eigenvalue weighted by Crippen LogP contribution is -2.41. The molecule has 1 saturated heterocycles. The van der Waals surface area contributed by atoms with Crippen molar-refractivity contribution in [3.8, 4) is 5.75 Å². The molecule has 0 radical (unpaired) electrons. The van der Waals surface area contributed by atoms with Crippen molar-refractivity contribution in [2.45, 2.75) is 25.9 Å². The predicted octanol–water partition coefficient (Wildman–Crippen LogP) is 6.00. The SMILES string of the molecule is CN(Cc1ccc(OC[C@H]2CCCN(C(=O)c3ccco3)C2)cc1)Cc1cccc2ccccc12. The van der Waals surface area contributed by atoms with E-state index < -0.39 is 0 Å².